The number of halogens is 3. The molecule has 1 saturated heterocycles. The largest absolute Gasteiger partial charge is 0.467 e. The third-order valence-corrected chi connectivity index (χ3v) is 4.90. The van der Waals surface area contributed by atoms with Crippen molar-refractivity contribution in [3.8, 4) is 5.75 Å². The quantitative estimate of drug-likeness (QED) is 0.606. The number of fused-ring (bicyclic) bond motifs is 4. The van der Waals surface area contributed by atoms with Gasteiger partial charge in [-0.15, -0.1) is 0 Å². The van der Waals surface area contributed by atoms with E-state index in [9.17, 15) is 28.1 Å². The van der Waals surface area contributed by atoms with Gasteiger partial charge in [-0.2, -0.15) is 13.2 Å². The highest BCUT2D eigenvalue weighted by molar-refractivity contribution is 5.95. The van der Waals surface area contributed by atoms with Gasteiger partial charge in [0.1, 0.15) is 5.75 Å². The van der Waals surface area contributed by atoms with Gasteiger partial charge in [-0.25, -0.2) is 4.79 Å². The molecule has 10 heteroatoms. The second-order valence-corrected chi connectivity index (χ2v) is 6.85. The number of hydrogen-bond acceptors (Lipinski definition) is 4. The molecule has 0 saturated carbocycles. The van der Waals surface area contributed by atoms with Crippen LogP contribution in [0.25, 0.3) is 0 Å². The molecule has 2 aliphatic heterocycles. The lowest BCUT2D eigenvalue weighted by Crippen LogP contribution is -2.65. The number of non-ortho nitro benzene ring substituents is 1. The number of urea groups is 1. The van der Waals surface area contributed by atoms with Gasteiger partial charge >= 0.3 is 12.2 Å². The number of rotatable bonds is 2. The Hall–Kier alpha value is -3.30. The predicted octanol–water partition coefficient (Wildman–Crippen LogP) is 4.38. The number of carbonyl (C=O) groups is 1. The maximum atomic E-state index is 13.1. The second kappa shape index (κ2) is 5.85. The van der Waals surface area contributed by atoms with Gasteiger partial charge in [0.05, 0.1) is 22.2 Å². The van der Waals surface area contributed by atoms with Crippen molar-refractivity contribution in [2.45, 2.75) is 31.3 Å². The number of nitro benzene ring substituents is 1. The van der Waals surface area contributed by atoms with Crippen molar-refractivity contribution in [1.29, 1.82) is 0 Å². The fraction of sp³-hybridized carbons (Fsp3) is 0.278. The fourth-order valence-corrected chi connectivity index (χ4v) is 3.69. The highest BCUT2D eigenvalue weighted by Gasteiger charge is 2.50. The summed E-state index contributed by atoms with van der Waals surface area (Å²) >= 11 is 0. The van der Waals surface area contributed by atoms with E-state index < -0.39 is 34.5 Å². The van der Waals surface area contributed by atoms with E-state index in [-0.39, 0.29) is 17.8 Å². The number of benzene rings is 2. The summed E-state index contributed by atoms with van der Waals surface area (Å²) in [5.74, 6) is 0.335. The summed E-state index contributed by atoms with van der Waals surface area (Å²) < 4.78 is 45.2. The Morgan fingerprint density at radius 1 is 1.29 bits per heavy atom. The molecule has 2 heterocycles. The number of anilines is 1. The average molecular weight is 393 g/mol. The Bertz CT molecular complexity index is 994. The summed E-state index contributed by atoms with van der Waals surface area (Å²) in [4.78, 5) is 24.3. The zero-order valence-electron chi connectivity index (χ0n) is 14.5. The first-order valence-electron chi connectivity index (χ1n) is 8.34. The summed E-state index contributed by atoms with van der Waals surface area (Å²) in [6, 6.07) is 7.28. The highest BCUT2D eigenvalue weighted by atomic mass is 19.4. The summed E-state index contributed by atoms with van der Waals surface area (Å²) in [5, 5.41) is 13.7. The van der Waals surface area contributed by atoms with Gasteiger partial charge < -0.3 is 10.1 Å². The minimum absolute atomic E-state index is 0.0404. The van der Waals surface area contributed by atoms with E-state index in [4.69, 9.17) is 4.74 Å². The maximum absolute atomic E-state index is 13.1. The normalized spacial score (nSPS) is 23.5. The molecule has 0 aliphatic carbocycles. The first-order valence-corrected chi connectivity index (χ1v) is 8.34. The van der Waals surface area contributed by atoms with Crippen molar-refractivity contribution in [3.63, 3.8) is 0 Å². The lowest BCUT2D eigenvalue weighted by molar-refractivity contribution is -0.385. The molecule has 2 aromatic carbocycles. The standard InChI is InChI=1S/C18H14F3N3O4/c1-17-9-14(13-8-12(24(26)27)5-6-15(13)28-17)22-16(25)23(17)11-4-2-3-10(7-11)18(19,20)21/h2-8,14H,9H2,1H3,(H,22,25)/t14-,17-/m1/s1. The SMILES string of the molecule is C[C@@]12C[C@@H](NC(=O)N1c1cccc(C(F)(F)F)c1)c1cc([N+](=O)[O-])ccc1O2. The van der Waals surface area contributed by atoms with Gasteiger partial charge in [0, 0.05) is 24.1 Å². The molecule has 7 nitrogen and oxygen atoms in total. The van der Waals surface area contributed by atoms with Crippen LogP contribution < -0.4 is 15.0 Å². The highest BCUT2D eigenvalue weighted by Crippen LogP contribution is 2.46. The van der Waals surface area contributed by atoms with Crippen LogP contribution in [0.15, 0.2) is 42.5 Å². The molecule has 1 N–H and O–H groups in total. The van der Waals surface area contributed by atoms with Crippen LogP contribution in [0.1, 0.15) is 30.5 Å². The van der Waals surface area contributed by atoms with Crippen LogP contribution in [0.3, 0.4) is 0 Å². The first kappa shape index (κ1) is 18.1. The minimum Gasteiger partial charge on any atom is -0.467 e. The topological polar surface area (TPSA) is 84.7 Å². The molecule has 2 aliphatic rings. The molecule has 1 fully saturated rings. The zero-order chi connectivity index (χ0) is 20.3. The van der Waals surface area contributed by atoms with Crippen LogP contribution in [0, 0.1) is 10.1 Å². The Balaban J connectivity index is 1.76. The predicted molar refractivity (Wildman–Crippen MR) is 91.9 cm³/mol. The van der Waals surface area contributed by atoms with Crippen molar-refractivity contribution in [2.24, 2.45) is 0 Å². The van der Waals surface area contributed by atoms with E-state index in [1.54, 1.807) is 6.92 Å². The van der Waals surface area contributed by atoms with Crippen molar-refractivity contribution in [3.05, 3.63) is 63.7 Å². The lowest BCUT2D eigenvalue weighted by Gasteiger charge is -2.50. The molecule has 0 radical (unpaired) electrons. The van der Waals surface area contributed by atoms with Crippen LogP contribution in [-0.4, -0.2) is 16.7 Å². The van der Waals surface area contributed by atoms with Gasteiger partial charge in [0.25, 0.3) is 5.69 Å². The Labute approximate surface area is 156 Å². The van der Waals surface area contributed by atoms with E-state index in [0.29, 0.717) is 11.3 Å². The summed E-state index contributed by atoms with van der Waals surface area (Å²) in [6.07, 6.45) is -4.34. The van der Waals surface area contributed by atoms with Gasteiger partial charge in [-0.1, -0.05) is 6.07 Å². The molecule has 2 atom stereocenters. The van der Waals surface area contributed by atoms with Crippen molar-refractivity contribution < 1.29 is 27.6 Å². The Morgan fingerprint density at radius 2 is 2.04 bits per heavy atom. The van der Waals surface area contributed by atoms with Crippen molar-refractivity contribution in [1.82, 2.24) is 5.32 Å². The molecule has 0 spiro atoms. The number of carbonyl (C=O) groups excluding carboxylic acids is 1. The molecular weight excluding hydrogens is 379 g/mol. The van der Waals surface area contributed by atoms with Gasteiger partial charge in [-0.05, 0) is 31.2 Å². The van der Waals surface area contributed by atoms with Crippen LogP contribution in [0.2, 0.25) is 0 Å². The third kappa shape index (κ3) is 2.81. The van der Waals surface area contributed by atoms with E-state index in [0.717, 1.165) is 17.0 Å². The number of nitrogens with one attached hydrogen (secondary N) is 1. The summed E-state index contributed by atoms with van der Waals surface area (Å²) in [5.41, 5.74) is -1.77. The Kier molecular flexibility index (Phi) is 3.78. The van der Waals surface area contributed by atoms with E-state index in [1.807, 2.05) is 0 Å². The number of nitro groups is 1. The average Bonchev–Trinajstić information content (AvgIpc) is 2.60. The van der Waals surface area contributed by atoms with Crippen molar-refractivity contribution >= 4 is 17.4 Å². The second-order valence-electron chi connectivity index (χ2n) is 6.85. The van der Waals surface area contributed by atoms with Crippen LogP contribution in [0.4, 0.5) is 29.3 Å². The zero-order valence-corrected chi connectivity index (χ0v) is 14.5. The smallest absolute Gasteiger partial charge is 0.416 e. The molecule has 4 rings (SSSR count). The van der Waals surface area contributed by atoms with Crippen LogP contribution in [0.5, 0.6) is 5.75 Å². The molecule has 2 amide bonds. The first-order chi connectivity index (χ1) is 13.1. The lowest BCUT2D eigenvalue weighted by atomic mass is 9.89. The molecule has 2 bridgehead atoms. The summed E-state index contributed by atoms with van der Waals surface area (Å²) in [6.45, 7) is 1.60. The molecule has 28 heavy (non-hydrogen) atoms. The number of ether oxygens (including phenoxy) is 1. The van der Waals surface area contributed by atoms with E-state index >= 15 is 0 Å². The molecule has 2 aromatic rings. The number of amides is 2. The summed E-state index contributed by atoms with van der Waals surface area (Å²) in [7, 11) is 0. The fourth-order valence-electron chi connectivity index (χ4n) is 3.69. The number of alkyl halides is 3. The minimum atomic E-state index is -4.55. The van der Waals surface area contributed by atoms with Crippen molar-refractivity contribution in [2.75, 3.05) is 4.90 Å². The van der Waals surface area contributed by atoms with Gasteiger partial charge in [0.15, 0.2) is 5.72 Å². The van der Waals surface area contributed by atoms with Gasteiger partial charge in [0.2, 0.25) is 0 Å². The number of hydrogen-bond donors (Lipinski definition) is 1. The van der Waals surface area contributed by atoms with E-state index in [2.05, 4.69) is 5.32 Å². The maximum Gasteiger partial charge on any atom is 0.416 e. The number of nitrogens with zero attached hydrogens (tertiary/aromatic N) is 2. The molecule has 146 valence electrons. The monoisotopic (exact) mass is 393 g/mol. The molecule has 0 aromatic heterocycles. The van der Waals surface area contributed by atoms with Crippen LogP contribution >= 0.6 is 0 Å². The third-order valence-electron chi connectivity index (χ3n) is 4.90. The Morgan fingerprint density at radius 3 is 2.71 bits per heavy atom. The molecular formula is C18H14F3N3O4. The van der Waals surface area contributed by atoms with Gasteiger partial charge in [-0.3, -0.25) is 15.0 Å². The van der Waals surface area contributed by atoms with Crippen LogP contribution in [-0.2, 0) is 6.18 Å². The molecule has 0 unspecified atom stereocenters. The van der Waals surface area contributed by atoms with E-state index in [1.165, 1.54) is 30.3 Å².